The topological polar surface area (TPSA) is 41.1 Å². The lowest BCUT2D eigenvalue weighted by molar-refractivity contribution is 0.221. The molecule has 1 aromatic carbocycles. The summed E-state index contributed by atoms with van der Waals surface area (Å²) in [6, 6.07) is 8.30. The molecule has 1 rings (SSSR count). The van der Waals surface area contributed by atoms with Crippen molar-refractivity contribution in [3.8, 4) is 0 Å². The zero-order valence-corrected chi connectivity index (χ0v) is 12.9. The van der Waals surface area contributed by atoms with Crippen LogP contribution in [0, 0.1) is 6.92 Å². The summed E-state index contributed by atoms with van der Waals surface area (Å²) in [5, 5.41) is 5.95. The highest BCUT2D eigenvalue weighted by molar-refractivity contribution is 5.75. The summed E-state index contributed by atoms with van der Waals surface area (Å²) in [6.07, 6.45) is 0.810. The summed E-state index contributed by atoms with van der Waals surface area (Å²) >= 11 is 0. The van der Waals surface area contributed by atoms with E-state index in [2.05, 4.69) is 41.8 Å². The van der Waals surface area contributed by atoms with Gasteiger partial charge in [-0.25, -0.2) is 4.79 Å². The van der Waals surface area contributed by atoms with E-state index in [0.717, 1.165) is 6.42 Å². The lowest BCUT2D eigenvalue weighted by Crippen LogP contribution is -2.54. The maximum absolute atomic E-state index is 11.9. The number of rotatable bonds is 3. The Morgan fingerprint density at radius 2 is 1.53 bits per heavy atom. The number of nitrogens with one attached hydrogen (secondary N) is 2. The van der Waals surface area contributed by atoms with E-state index in [4.69, 9.17) is 0 Å². The number of amides is 2. The van der Waals surface area contributed by atoms with Crippen LogP contribution < -0.4 is 10.6 Å². The minimum Gasteiger partial charge on any atom is -0.334 e. The van der Waals surface area contributed by atoms with E-state index in [1.54, 1.807) is 0 Å². The zero-order valence-electron chi connectivity index (χ0n) is 12.9. The van der Waals surface area contributed by atoms with Crippen LogP contribution in [0.5, 0.6) is 0 Å². The van der Waals surface area contributed by atoms with Crippen LogP contribution in [-0.4, -0.2) is 17.1 Å². The normalized spacial score (nSPS) is 12.1. The molecular weight excluding hydrogens is 236 g/mol. The minimum atomic E-state index is -0.273. The minimum absolute atomic E-state index is 0.121. The third-order valence-electron chi connectivity index (χ3n) is 2.71. The van der Waals surface area contributed by atoms with Crippen molar-refractivity contribution >= 4 is 6.03 Å². The number of hydrogen-bond acceptors (Lipinski definition) is 1. The Labute approximate surface area is 116 Å². The van der Waals surface area contributed by atoms with Crippen molar-refractivity contribution in [2.75, 3.05) is 0 Å². The Kier molecular flexibility index (Phi) is 4.61. The highest BCUT2D eigenvalue weighted by Gasteiger charge is 2.23. The van der Waals surface area contributed by atoms with Gasteiger partial charge in [0.15, 0.2) is 0 Å². The molecule has 0 bridgehead atoms. The number of urea groups is 1. The van der Waals surface area contributed by atoms with Crippen molar-refractivity contribution in [3.63, 3.8) is 0 Å². The van der Waals surface area contributed by atoms with Gasteiger partial charge >= 0.3 is 6.03 Å². The van der Waals surface area contributed by atoms with E-state index in [9.17, 15) is 4.79 Å². The predicted octanol–water partition coefficient (Wildman–Crippen LogP) is 3.41. The Balaban J connectivity index is 2.61. The van der Waals surface area contributed by atoms with E-state index < -0.39 is 0 Å². The van der Waals surface area contributed by atoms with Crippen molar-refractivity contribution in [3.05, 3.63) is 35.4 Å². The molecule has 0 fully saturated rings. The number of hydrogen-bond donors (Lipinski definition) is 2. The summed E-state index contributed by atoms with van der Waals surface area (Å²) in [7, 11) is 0. The average molecular weight is 262 g/mol. The highest BCUT2D eigenvalue weighted by Crippen LogP contribution is 2.13. The second kappa shape index (κ2) is 5.64. The second-order valence-electron chi connectivity index (χ2n) is 6.88. The molecule has 0 heterocycles. The molecule has 0 saturated carbocycles. The quantitative estimate of drug-likeness (QED) is 0.861. The Morgan fingerprint density at radius 1 is 1.00 bits per heavy atom. The fraction of sp³-hybridized carbons (Fsp3) is 0.562. The van der Waals surface area contributed by atoms with Crippen LogP contribution in [0.1, 0.15) is 45.7 Å². The smallest absolute Gasteiger partial charge is 0.315 e. The molecule has 106 valence electrons. The third kappa shape index (κ3) is 6.27. The first-order valence-electron chi connectivity index (χ1n) is 6.73. The van der Waals surface area contributed by atoms with Crippen molar-refractivity contribution < 1.29 is 4.79 Å². The highest BCUT2D eigenvalue weighted by atomic mass is 16.2. The van der Waals surface area contributed by atoms with E-state index >= 15 is 0 Å². The first-order chi connectivity index (χ1) is 8.57. The molecule has 0 radical (unpaired) electrons. The van der Waals surface area contributed by atoms with E-state index in [1.807, 2.05) is 34.6 Å². The average Bonchev–Trinajstić information content (AvgIpc) is 2.17. The molecule has 2 N–H and O–H groups in total. The summed E-state index contributed by atoms with van der Waals surface area (Å²) in [6.45, 7) is 12.1. The molecule has 2 amide bonds. The van der Waals surface area contributed by atoms with Gasteiger partial charge in [-0.05, 0) is 53.5 Å². The molecule has 0 unspecified atom stereocenters. The fourth-order valence-corrected chi connectivity index (χ4v) is 1.94. The molecule has 3 nitrogen and oxygen atoms in total. The van der Waals surface area contributed by atoms with E-state index in [-0.39, 0.29) is 17.1 Å². The third-order valence-corrected chi connectivity index (χ3v) is 2.71. The van der Waals surface area contributed by atoms with Gasteiger partial charge in [0.1, 0.15) is 0 Å². The SMILES string of the molecule is Cc1ccc(CC(C)(C)NC(=O)NC(C)(C)C)cc1. The van der Waals surface area contributed by atoms with Gasteiger partial charge in [-0.1, -0.05) is 29.8 Å². The summed E-state index contributed by atoms with van der Waals surface area (Å²) in [5.74, 6) is 0. The summed E-state index contributed by atoms with van der Waals surface area (Å²) in [4.78, 5) is 11.9. The second-order valence-corrected chi connectivity index (χ2v) is 6.88. The number of carbonyl (C=O) groups excluding carboxylic acids is 1. The van der Waals surface area contributed by atoms with E-state index in [0.29, 0.717) is 0 Å². The van der Waals surface area contributed by atoms with Crippen molar-refractivity contribution in [2.24, 2.45) is 0 Å². The predicted molar refractivity (Wildman–Crippen MR) is 80.4 cm³/mol. The van der Waals surface area contributed by atoms with Crippen LogP contribution in [0.4, 0.5) is 4.79 Å². The van der Waals surface area contributed by atoms with Crippen LogP contribution in [0.25, 0.3) is 0 Å². The Morgan fingerprint density at radius 3 is 2.00 bits per heavy atom. The van der Waals surface area contributed by atoms with E-state index in [1.165, 1.54) is 11.1 Å². The van der Waals surface area contributed by atoms with Gasteiger partial charge in [0.05, 0.1) is 0 Å². The Bertz CT molecular complexity index is 427. The van der Waals surface area contributed by atoms with Crippen molar-refractivity contribution in [1.29, 1.82) is 0 Å². The summed E-state index contributed by atoms with van der Waals surface area (Å²) < 4.78 is 0. The van der Waals surface area contributed by atoms with Gasteiger partial charge in [0.2, 0.25) is 0 Å². The lowest BCUT2D eigenvalue weighted by atomic mass is 9.94. The van der Waals surface area contributed by atoms with Crippen LogP contribution in [0.2, 0.25) is 0 Å². The number of aryl methyl sites for hydroxylation is 1. The maximum Gasteiger partial charge on any atom is 0.315 e. The van der Waals surface area contributed by atoms with Gasteiger partial charge in [-0.3, -0.25) is 0 Å². The van der Waals surface area contributed by atoms with Crippen LogP contribution >= 0.6 is 0 Å². The molecule has 0 aliphatic heterocycles. The molecule has 3 heteroatoms. The van der Waals surface area contributed by atoms with Crippen LogP contribution in [-0.2, 0) is 6.42 Å². The zero-order chi connectivity index (χ0) is 14.7. The molecular formula is C16H26N2O. The first kappa shape index (κ1) is 15.5. The van der Waals surface area contributed by atoms with Crippen LogP contribution in [0.3, 0.4) is 0 Å². The van der Waals surface area contributed by atoms with Crippen molar-refractivity contribution in [2.45, 2.75) is 59.0 Å². The summed E-state index contributed by atoms with van der Waals surface area (Å²) in [5.41, 5.74) is 1.99. The van der Waals surface area contributed by atoms with Crippen molar-refractivity contribution in [1.82, 2.24) is 10.6 Å². The molecule has 1 aromatic rings. The molecule has 0 saturated heterocycles. The first-order valence-corrected chi connectivity index (χ1v) is 6.73. The van der Waals surface area contributed by atoms with Gasteiger partial charge in [0, 0.05) is 11.1 Å². The molecule has 0 atom stereocenters. The fourth-order valence-electron chi connectivity index (χ4n) is 1.94. The van der Waals surface area contributed by atoms with Crippen LogP contribution in [0.15, 0.2) is 24.3 Å². The number of carbonyl (C=O) groups is 1. The van der Waals surface area contributed by atoms with Gasteiger partial charge in [0.25, 0.3) is 0 Å². The molecule has 0 aliphatic rings. The molecule has 0 spiro atoms. The number of benzene rings is 1. The van der Waals surface area contributed by atoms with Gasteiger partial charge in [-0.15, -0.1) is 0 Å². The maximum atomic E-state index is 11.9. The standard InChI is InChI=1S/C16H26N2O/c1-12-7-9-13(10-8-12)11-16(5,6)18-14(19)17-15(2,3)4/h7-10H,11H2,1-6H3,(H2,17,18,19). The molecule has 19 heavy (non-hydrogen) atoms. The Hall–Kier alpha value is -1.51. The monoisotopic (exact) mass is 262 g/mol. The largest absolute Gasteiger partial charge is 0.334 e. The van der Waals surface area contributed by atoms with Gasteiger partial charge < -0.3 is 10.6 Å². The molecule has 0 aliphatic carbocycles. The lowest BCUT2D eigenvalue weighted by Gasteiger charge is -2.29. The van der Waals surface area contributed by atoms with Gasteiger partial charge in [-0.2, -0.15) is 0 Å². The molecule has 0 aromatic heterocycles.